The Labute approximate surface area is 85.5 Å². The Morgan fingerprint density at radius 3 is 2.57 bits per heavy atom. The van der Waals surface area contributed by atoms with E-state index in [-0.39, 0.29) is 5.16 Å². The molecule has 0 aromatic heterocycles. The van der Waals surface area contributed by atoms with Crippen molar-refractivity contribution in [2.75, 3.05) is 0 Å². The van der Waals surface area contributed by atoms with Crippen molar-refractivity contribution >= 4 is 29.8 Å². The highest BCUT2D eigenvalue weighted by molar-refractivity contribution is 6.29. The van der Waals surface area contributed by atoms with Gasteiger partial charge in [0.05, 0.1) is 4.92 Å². The highest BCUT2D eigenvalue weighted by Gasteiger charge is 2.08. The molecule has 0 spiro atoms. The van der Waals surface area contributed by atoms with Gasteiger partial charge in [-0.25, -0.2) is 0 Å². The van der Waals surface area contributed by atoms with Crippen LogP contribution in [0.2, 0.25) is 0 Å². The van der Waals surface area contributed by atoms with Gasteiger partial charge in [-0.05, 0) is 34.4 Å². The zero-order chi connectivity index (χ0) is 10.1. The second-order valence-corrected chi connectivity index (χ2v) is 3.33. The van der Waals surface area contributed by atoms with Crippen LogP contribution in [0.25, 0.3) is 18.2 Å². The van der Waals surface area contributed by atoms with Crippen LogP contribution < -0.4 is 0 Å². The summed E-state index contributed by atoms with van der Waals surface area (Å²) in [5, 5.41) is 9.89. The first kappa shape index (κ1) is 8.97. The Hall–Kier alpha value is -1.61. The lowest BCUT2D eigenvalue weighted by Gasteiger charge is -2.09. The summed E-state index contributed by atoms with van der Waals surface area (Å²) < 4.78 is 0. The molecule has 0 N–H and O–H groups in total. The van der Waals surface area contributed by atoms with Crippen LogP contribution in [0.3, 0.4) is 0 Å². The molecule has 70 valence electrons. The Kier molecular flexibility index (Phi) is 2.09. The van der Waals surface area contributed by atoms with Crippen LogP contribution >= 0.6 is 11.6 Å². The van der Waals surface area contributed by atoms with Crippen molar-refractivity contribution in [3.63, 3.8) is 0 Å². The molecule has 4 heteroatoms. The fourth-order valence-corrected chi connectivity index (χ4v) is 1.38. The lowest BCUT2D eigenvalue weighted by Crippen LogP contribution is -1.92. The van der Waals surface area contributed by atoms with Crippen LogP contribution in [0.15, 0.2) is 23.4 Å². The summed E-state index contributed by atoms with van der Waals surface area (Å²) in [5.74, 6) is 0. The SMILES string of the molecule is O=[N+]([O-])/C(Cl)=C/c1ccc2c(c1)C=C2. The monoisotopic (exact) mass is 207 g/mol. The van der Waals surface area contributed by atoms with Crippen LogP contribution in [-0.4, -0.2) is 4.92 Å². The van der Waals surface area contributed by atoms with Gasteiger partial charge in [-0.3, -0.25) is 10.1 Å². The third kappa shape index (κ3) is 1.54. The van der Waals surface area contributed by atoms with Crippen molar-refractivity contribution in [2.24, 2.45) is 0 Å². The predicted molar refractivity (Wildman–Crippen MR) is 56.2 cm³/mol. The van der Waals surface area contributed by atoms with Crippen molar-refractivity contribution in [1.29, 1.82) is 0 Å². The lowest BCUT2D eigenvalue weighted by molar-refractivity contribution is -0.410. The maximum absolute atomic E-state index is 10.3. The summed E-state index contributed by atoms with van der Waals surface area (Å²) >= 11 is 5.40. The van der Waals surface area contributed by atoms with Crippen molar-refractivity contribution in [3.8, 4) is 0 Å². The van der Waals surface area contributed by atoms with E-state index in [0.717, 1.165) is 16.7 Å². The molecule has 0 radical (unpaired) electrons. The molecule has 14 heavy (non-hydrogen) atoms. The number of nitro groups is 1. The summed E-state index contributed by atoms with van der Waals surface area (Å²) in [7, 11) is 0. The van der Waals surface area contributed by atoms with Gasteiger partial charge in [0.15, 0.2) is 0 Å². The van der Waals surface area contributed by atoms with Crippen molar-refractivity contribution < 1.29 is 4.92 Å². The van der Waals surface area contributed by atoms with Crippen LogP contribution in [0.4, 0.5) is 0 Å². The van der Waals surface area contributed by atoms with E-state index in [4.69, 9.17) is 11.6 Å². The first-order valence-electron chi connectivity index (χ1n) is 4.00. The Morgan fingerprint density at radius 2 is 2.07 bits per heavy atom. The number of nitrogens with zero attached hydrogens (tertiary/aromatic N) is 1. The largest absolute Gasteiger partial charge is 0.337 e. The number of rotatable bonds is 2. The average molecular weight is 208 g/mol. The molecule has 0 atom stereocenters. The molecule has 0 saturated carbocycles. The highest BCUT2D eigenvalue weighted by Crippen LogP contribution is 2.25. The summed E-state index contributed by atoms with van der Waals surface area (Å²) in [6, 6.07) is 5.57. The molecule has 0 saturated heterocycles. The Balaban J connectivity index is 2.31. The van der Waals surface area contributed by atoms with Crippen molar-refractivity contribution in [3.05, 3.63) is 50.2 Å². The molecule has 1 aromatic rings. The number of benzene rings is 1. The van der Waals surface area contributed by atoms with E-state index in [9.17, 15) is 10.1 Å². The van der Waals surface area contributed by atoms with Gasteiger partial charge < -0.3 is 0 Å². The molecular formula is C10H6ClNO2. The van der Waals surface area contributed by atoms with Gasteiger partial charge >= 0.3 is 5.16 Å². The minimum absolute atomic E-state index is 0.367. The van der Waals surface area contributed by atoms with Crippen molar-refractivity contribution in [1.82, 2.24) is 0 Å². The fourth-order valence-electron chi connectivity index (χ4n) is 1.25. The first-order valence-corrected chi connectivity index (χ1v) is 4.38. The molecule has 1 aliphatic carbocycles. The molecule has 3 nitrogen and oxygen atoms in total. The summed E-state index contributed by atoms with van der Waals surface area (Å²) in [6.45, 7) is 0. The molecule has 0 heterocycles. The number of fused-ring (bicyclic) bond motifs is 1. The van der Waals surface area contributed by atoms with Gasteiger partial charge in [-0.1, -0.05) is 24.3 Å². The van der Waals surface area contributed by atoms with Gasteiger partial charge in [0.2, 0.25) is 0 Å². The first-order chi connectivity index (χ1) is 6.66. The minimum Gasteiger partial charge on any atom is -0.257 e. The van der Waals surface area contributed by atoms with Crippen molar-refractivity contribution in [2.45, 2.75) is 0 Å². The van der Waals surface area contributed by atoms with Crippen LogP contribution in [0, 0.1) is 10.1 Å². The zero-order valence-corrected chi connectivity index (χ0v) is 7.86. The third-order valence-electron chi connectivity index (χ3n) is 2.01. The highest BCUT2D eigenvalue weighted by atomic mass is 35.5. The van der Waals surface area contributed by atoms with E-state index in [2.05, 4.69) is 0 Å². The fraction of sp³-hybridized carbons (Fsp3) is 0. The van der Waals surface area contributed by atoms with Gasteiger partial charge in [0.25, 0.3) is 0 Å². The normalized spacial score (nSPS) is 13.4. The lowest BCUT2D eigenvalue weighted by atomic mass is 9.96. The molecule has 2 rings (SSSR count). The number of hydrogen-bond donors (Lipinski definition) is 0. The number of halogens is 1. The molecule has 0 bridgehead atoms. The van der Waals surface area contributed by atoms with Gasteiger partial charge in [0.1, 0.15) is 0 Å². The Bertz CT molecular complexity index is 463. The van der Waals surface area contributed by atoms with E-state index in [1.165, 1.54) is 6.08 Å². The summed E-state index contributed by atoms with van der Waals surface area (Å²) in [5.41, 5.74) is 2.99. The second-order valence-electron chi connectivity index (χ2n) is 2.95. The van der Waals surface area contributed by atoms with E-state index in [0.29, 0.717) is 0 Å². The van der Waals surface area contributed by atoms with Crippen LogP contribution in [-0.2, 0) is 0 Å². The molecular weight excluding hydrogens is 202 g/mol. The standard InChI is InChI=1S/C10H6ClNO2/c11-10(12(13)14)6-7-1-2-8-3-4-9(8)5-7/h1-6H/b10-6+. The van der Waals surface area contributed by atoms with Gasteiger partial charge in [-0.2, -0.15) is 0 Å². The predicted octanol–water partition coefficient (Wildman–Crippen LogP) is 2.98. The van der Waals surface area contributed by atoms with Gasteiger partial charge in [-0.15, -0.1) is 0 Å². The third-order valence-corrected chi connectivity index (χ3v) is 2.26. The second kappa shape index (κ2) is 3.27. The van der Waals surface area contributed by atoms with Crippen LogP contribution in [0.5, 0.6) is 0 Å². The maximum atomic E-state index is 10.3. The quantitative estimate of drug-likeness (QED) is 0.432. The molecule has 0 unspecified atom stereocenters. The molecule has 0 amide bonds. The number of hydrogen-bond acceptors (Lipinski definition) is 2. The average Bonchev–Trinajstić information content (AvgIpc) is 2.09. The van der Waals surface area contributed by atoms with E-state index in [1.54, 1.807) is 6.07 Å². The maximum Gasteiger partial charge on any atom is 0.337 e. The smallest absolute Gasteiger partial charge is 0.257 e. The van der Waals surface area contributed by atoms with E-state index >= 15 is 0 Å². The topological polar surface area (TPSA) is 43.1 Å². The molecule has 1 aliphatic rings. The van der Waals surface area contributed by atoms with Crippen LogP contribution in [0.1, 0.15) is 16.7 Å². The van der Waals surface area contributed by atoms with Gasteiger partial charge in [0, 0.05) is 6.08 Å². The minimum atomic E-state index is -0.614. The molecule has 0 fully saturated rings. The summed E-state index contributed by atoms with van der Waals surface area (Å²) in [4.78, 5) is 9.65. The molecule has 0 aliphatic heterocycles. The zero-order valence-electron chi connectivity index (χ0n) is 7.11. The Morgan fingerprint density at radius 1 is 1.36 bits per heavy atom. The summed E-state index contributed by atoms with van der Waals surface area (Å²) in [6.07, 6.45) is 5.28. The molecule has 1 aromatic carbocycles. The van der Waals surface area contributed by atoms with E-state index in [1.807, 2.05) is 24.3 Å². The van der Waals surface area contributed by atoms with E-state index < -0.39 is 4.92 Å².